The Morgan fingerprint density at radius 3 is 2.43 bits per heavy atom. The van der Waals surface area contributed by atoms with Gasteiger partial charge in [-0.1, -0.05) is 35.3 Å². The summed E-state index contributed by atoms with van der Waals surface area (Å²) < 4.78 is 12.8. The van der Waals surface area contributed by atoms with E-state index in [9.17, 15) is 0 Å². The van der Waals surface area contributed by atoms with E-state index in [2.05, 4.69) is 15.5 Å². The SMILES string of the molecule is Clc1cccc(Cl)c1OCCOc1cccc(-n2cnnn2)c1. The summed E-state index contributed by atoms with van der Waals surface area (Å²) in [6.07, 6.45) is 1.52. The second kappa shape index (κ2) is 7.30. The van der Waals surface area contributed by atoms with Gasteiger partial charge in [0, 0.05) is 6.07 Å². The summed E-state index contributed by atoms with van der Waals surface area (Å²) >= 11 is 12.1. The van der Waals surface area contributed by atoms with Crippen LogP contribution in [0.1, 0.15) is 0 Å². The lowest BCUT2D eigenvalue weighted by Gasteiger charge is -2.11. The summed E-state index contributed by atoms with van der Waals surface area (Å²) in [7, 11) is 0. The average Bonchev–Trinajstić information content (AvgIpc) is 3.08. The second-order valence-electron chi connectivity index (χ2n) is 4.50. The van der Waals surface area contributed by atoms with Crippen LogP contribution in [0.2, 0.25) is 10.0 Å². The molecule has 0 bridgehead atoms. The summed E-state index contributed by atoms with van der Waals surface area (Å²) in [5.74, 6) is 1.15. The molecule has 0 saturated heterocycles. The van der Waals surface area contributed by atoms with Crippen LogP contribution >= 0.6 is 23.2 Å². The molecule has 3 aromatic rings. The molecule has 0 aliphatic carbocycles. The quantitative estimate of drug-likeness (QED) is 0.637. The van der Waals surface area contributed by atoms with E-state index >= 15 is 0 Å². The maximum Gasteiger partial charge on any atom is 0.156 e. The molecule has 0 atom stereocenters. The molecule has 0 radical (unpaired) electrons. The summed E-state index contributed by atoms with van der Waals surface area (Å²) in [6.45, 7) is 0.666. The number of halogens is 2. The van der Waals surface area contributed by atoms with Crippen molar-refractivity contribution in [1.82, 2.24) is 20.2 Å². The van der Waals surface area contributed by atoms with Crippen molar-refractivity contribution in [2.45, 2.75) is 0 Å². The number of benzene rings is 2. The minimum atomic E-state index is 0.318. The highest BCUT2D eigenvalue weighted by Gasteiger charge is 2.06. The molecular weight excluding hydrogens is 339 g/mol. The van der Waals surface area contributed by atoms with Crippen LogP contribution in [-0.4, -0.2) is 33.4 Å². The summed E-state index contributed by atoms with van der Waals surface area (Å²) in [4.78, 5) is 0. The fourth-order valence-electron chi connectivity index (χ4n) is 1.92. The van der Waals surface area contributed by atoms with Crippen molar-refractivity contribution in [2.24, 2.45) is 0 Å². The molecular formula is C15H12Cl2N4O2. The standard InChI is InChI=1S/C15H12Cl2N4O2/c16-13-5-2-6-14(17)15(13)23-8-7-22-12-4-1-3-11(9-12)21-10-18-19-20-21/h1-6,9-10H,7-8H2. The van der Waals surface area contributed by atoms with Crippen LogP contribution in [0.15, 0.2) is 48.8 Å². The van der Waals surface area contributed by atoms with Gasteiger partial charge in [-0.05, 0) is 34.7 Å². The van der Waals surface area contributed by atoms with Gasteiger partial charge in [0.15, 0.2) is 5.75 Å². The normalized spacial score (nSPS) is 10.5. The highest BCUT2D eigenvalue weighted by atomic mass is 35.5. The van der Waals surface area contributed by atoms with Gasteiger partial charge in [-0.25, -0.2) is 4.68 Å². The molecule has 23 heavy (non-hydrogen) atoms. The predicted octanol–water partition coefficient (Wildman–Crippen LogP) is 3.43. The zero-order chi connectivity index (χ0) is 16.1. The van der Waals surface area contributed by atoms with E-state index in [-0.39, 0.29) is 0 Å². The van der Waals surface area contributed by atoms with E-state index in [0.717, 1.165) is 5.69 Å². The number of nitrogens with zero attached hydrogens (tertiary/aromatic N) is 4. The van der Waals surface area contributed by atoms with Gasteiger partial charge in [-0.3, -0.25) is 0 Å². The third-order valence-electron chi connectivity index (χ3n) is 2.95. The first-order chi connectivity index (χ1) is 11.2. The van der Waals surface area contributed by atoms with Crippen LogP contribution in [0.25, 0.3) is 5.69 Å². The molecule has 0 fully saturated rings. The number of rotatable bonds is 6. The first-order valence-electron chi connectivity index (χ1n) is 6.77. The van der Waals surface area contributed by atoms with E-state index in [1.54, 1.807) is 22.9 Å². The van der Waals surface area contributed by atoms with Gasteiger partial charge >= 0.3 is 0 Å². The smallest absolute Gasteiger partial charge is 0.156 e. The molecule has 0 spiro atoms. The second-order valence-corrected chi connectivity index (χ2v) is 5.31. The minimum Gasteiger partial charge on any atom is -0.490 e. The Labute approximate surface area is 142 Å². The van der Waals surface area contributed by atoms with Crippen LogP contribution < -0.4 is 9.47 Å². The van der Waals surface area contributed by atoms with Crippen LogP contribution in [0, 0.1) is 0 Å². The number of para-hydroxylation sites is 1. The molecule has 0 saturated carbocycles. The molecule has 2 aromatic carbocycles. The molecule has 118 valence electrons. The topological polar surface area (TPSA) is 62.1 Å². The van der Waals surface area contributed by atoms with E-state index in [1.807, 2.05) is 24.3 Å². The van der Waals surface area contributed by atoms with Crippen molar-refractivity contribution >= 4 is 23.2 Å². The molecule has 0 amide bonds. The van der Waals surface area contributed by atoms with Crippen molar-refractivity contribution in [3.8, 4) is 17.2 Å². The van der Waals surface area contributed by atoms with E-state index in [4.69, 9.17) is 32.7 Å². The summed E-state index contributed by atoms with van der Waals surface area (Å²) in [6, 6.07) is 12.6. The maximum atomic E-state index is 6.03. The Hall–Kier alpha value is -2.31. The summed E-state index contributed by atoms with van der Waals surface area (Å²) in [5.41, 5.74) is 0.808. The van der Waals surface area contributed by atoms with E-state index in [0.29, 0.717) is 34.8 Å². The molecule has 0 unspecified atom stereocenters. The van der Waals surface area contributed by atoms with Gasteiger partial charge in [-0.2, -0.15) is 0 Å². The third-order valence-corrected chi connectivity index (χ3v) is 3.54. The van der Waals surface area contributed by atoms with Crippen LogP contribution in [0.5, 0.6) is 11.5 Å². The fourth-order valence-corrected chi connectivity index (χ4v) is 2.43. The van der Waals surface area contributed by atoms with Crippen molar-refractivity contribution in [2.75, 3.05) is 13.2 Å². The molecule has 8 heteroatoms. The van der Waals surface area contributed by atoms with Crippen LogP contribution in [0.4, 0.5) is 0 Å². The largest absolute Gasteiger partial charge is 0.490 e. The lowest BCUT2D eigenvalue weighted by Crippen LogP contribution is -2.09. The molecule has 1 aromatic heterocycles. The Kier molecular flexibility index (Phi) is 4.95. The zero-order valence-electron chi connectivity index (χ0n) is 11.9. The van der Waals surface area contributed by atoms with Crippen molar-refractivity contribution in [3.63, 3.8) is 0 Å². The monoisotopic (exact) mass is 350 g/mol. The van der Waals surface area contributed by atoms with Crippen molar-refractivity contribution in [3.05, 3.63) is 58.8 Å². The lowest BCUT2D eigenvalue weighted by molar-refractivity contribution is 0.217. The highest BCUT2D eigenvalue weighted by Crippen LogP contribution is 2.32. The number of hydrogen-bond acceptors (Lipinski definition) is 5. The minimum absolute atomic E-state index is 0.318. The Bertz CT molecular complexity index is 761. The Morgan fingerprint density at radius 2 is 1.70 bits per heavy atom. The number of tetrazole rings is 1. The molecule has 0 aliphatic rings. The highest BCUT2D eigenvalue weighted by molar-refractivity contribution is 6.37. The van der Waals surface area contributed by atoms with Gasteiger partial charge in [0.05, 0.1) is 15.7 Å². The Morgan fingerprint density at radius 1 is 0.957 bits per heavy atom. The van der Waals surface area contributed by atoms with Crippen molar-refractivity contribution in [1.29, 1.82) is 0 Å². The lowest BCUT2D eigenvalue weighted by atomic mass is 10.3. The van der Waals surface area contributed by atoms with Gasteiger partial charge < -0.3 is 9.47 Å². The van der Waals surface area contributed by atoms with Gasteiger partial charge in [0.2, 0.25) is 0 Å². The first kappa shape index (κ1) is 15.6. The van der Waals surface area contributed by atoms with E-state index < -0.39 is 0 Å². The molecule has 0 N–H and O–H groups in total. The summed E-state index contributed by atoms with van der Waals surface area (Å²) in [5, 5.41) is 12.0. The van der Waals surface area contributed by atoms with Crippen LogP contribution in [-0.2, 0) is 0 Å². The van der Waals surface area contributed by atoms with E-state index in [1.165, 1.54) is 6.33 Å². The maximum absolute atomic E-state index is 6.03. The number of hydrogen-bond donors (Lipinski definition) is 0. The number of aromatic nitrogens is 4. The predicted molar refractivity (Wildman–Crippen MR) is 86.6 cm³/mol. The molecule has 0 aliphatic heterocycles. The van der Waals surface area contributed by atoms with Gasteiger partial charge in [0.1, 0.15) is 25.3 Å². The molecule has 6 nitrogen and oxygen atoms in total. The van der Waals surface area contributed by atoms with Gasteiger partial charge in [-0.15, -0.1) is 5.10 Å². The Balaban J connectivity index is 1.56. The molecule has 1 heterocycles. The van der Waals surface area contributed by atoms with Crippen LogP contribution in [0.3, 0.4) is 0 Å². The molecule has 3 rings (SSSR count). The third kappa shape index (κ3) is 3.91. The fraction of sp³-hybridized carbons (Fsp3) is 0.133. The first-order valence-corrected chi connectivity index (χ1v) is 7.52. The van der Waals surface area contributed by atoms with Crippen molar-refractivity contribution < 1.29 is 9.47 Å². The van der Waals surface area contributed by atoms with Gasteiger partial charge in [0.25, 0.3) is 0 Å². The number of ether oxygens (including phenoxy) is 2. The zero-order valence-corrected chi connectivity index (χ0v) is 13.4. The average molecular weight is 351 g/mol.